The summed E-state index contributed by atoms with van der Waals surface area (Å²) in [5.41, 5.74) is 3.50. The van der Waals surface area contributed by atoms with E-state index in [0.717, 1.165) is 29.0 Å². The number of anilines is 1. The summed E-state index contributed by atoms with van der Waals surface area (Å²) in [7, 11) is 1.94. The van der Waals surface area contributed by atoms with Gasteiger partial charge in [0.25, 0.3) is 0 Å². The zero-order valence-electron chi connectivity index (χ0n) is 18.4. The standard InChI is InChI=1S/C25H26N6O2/c1-29-20-11-4-2-9-18(20)27-23(29)17-26-25(33)31-16-8-13-22(31)24(32)28-19-10-3-5-12-21(19)30-14-6-7-15-30/h2-7,9-12,14-15,22H,8,13,16-17H2,1H3,(H,26,33)(H,28,32)/t22-/m0/s1. The molecule has 0 unspecified atom stereocenters. The number of aryl methyl sites for hydroxylation is 1. The van der Waals surface area contributed by atoms with Crippen molar-refractivity contribution in [2.24, 2.45) is 7.05 Å². The van der Waals surface area contributed by atoms with Crippen molar-refractivity contribution in [1.29, 1.82) is 0 Å². The Morgan fingerprint density at radius 1 is 1.03 bits per heavy atom. The van der Waals surface area contributed by atoms with Crippen LogP contribution in [0.4, 0.5) is 10.5 Å². The molecule has 0 radical (unpaired) electrons. The van der Waals surface area contributed by atoms with E-state index in [2.05, 4.69) is 15.6 Å². The van der Waals surface area contributed by atoms with E-state index in [4.69, 9.17) is 0 Å². The Kier molecular flexibility index (Phi) is 5.56. The van der Waals surface area contributed by atoms with Gasteiger partial charge in [-0.1, -0.05) is 24.3 Å². The third kappa shape index (κ3) is 4.07. The molecule has 0 bridgehead atoms. The zero-order valence-corrected chi connectivity index (χ0v) is 18.4. The maximum Gasteiger partial charge on any atom is 0.318 e. The summed E-state index contributed by atoms with van der Waals surface area (Å²) >= 11 is 0. The molecule has 1 aliphatic heterocycles. The van der Waals surface area contributed by atoms with Crippen molar-refractivity contribution in [3.63, 3.8) is 0 Å². The summed E-state index contributed by atoms with van der Waals surface area (Å²) in [6.45, 7) is 0.844. The van der Waals surface area contributed by atoms with Crippen molar-refractivity contribution >= 4 is 28.7 Å². The van der Waals surface area contributed by atoms with Gasteiger partial charge >= 0.3 is 6.03 Å². The molecule has 3 amide bonds. The second-order valence-electron chi connectivity index (χ2n) is 8.18. The predicted octanol–water partition coefficient (Wildman–Crippen LogP) is 3.68. The highest BCUT2D eigenvalue weighted by molar-refractivity contribution is 5.98. The van der Waals surface area contributed by atoms with Crippen LogP contribution in [-0.2, 0) is 18.4 Å². The fraction of sp³-hybridized carbons (Fsp3) is 0.240. The number of rotatable bonds is 5. The van der Waals surface area contributed by atoms with Crippen LogP contribution in [-0.4, -0.2) is 43.5 Å². The minimum absolute atomic E-state index is 0.176. The van der Waals surface area contributed by atoms with E-state index in [0.29, 0.717) is 25.2 Å². The minimum atomic E-state index is -0.511. The number of para-hydroxylation sites is 4. The molecule has 2 N–H and O–H groups in total. The van der Waals surface area contributed by atoms with Crippen LogP contribution in [0.15, 0.2) is 73.1 Å². The number of imidazole rings is 1. The van der Waals surface area contributed by atoms with Gasteiger partial charge in [-0.2, -0.15) is 0 Å². The van der Waals surface area contributed by atoms with E-state index in [1.165, 1.54) is 0 Å². The highest BCUT2D eigenvalue weighted by Gasteiger charge is 2.34. The van der Waals surface area contributed by atoms with Gasteiger partial charge in [-0.3, -0.25) is 4.79 Å². The zero-order chi connectivity index (χ0) is 22.8. The molecule has 8 nitrogen and oxygen atoms in total. The van der Waals surface area contributed by atoms with Crippen molar-refractivity contribution < 1.29 is 9.59 Å². The van der Waals surface area contributed by atoms with Gasteiger partial charge < -0.3 is 24.7 Å². The lowest BCUT2D eigenvalue weighted by atomic mass is 10.2. The Bertz CT molecular complexity index is 1290. The first-order valence-electron chi connectivity index (χ1n) is 11.1. The van der Waals surface area contributed by atoms with Crippen LogP contribution in [0.3, 0.4) is 0 Å². The van der Waals surface area contributed by atoms with Gasteiger partial charge in [0.05, 0.1) is 29.0 Å². The van der Waals surface area contributed by atoms with Crippen LogP contribution in [0.2, 0.25) is 0 Å². The Morgan fingerprint density at radius 2 is 1.79 bits per heavy atom. The summed E-state index contributed by atoms with van der Waals surface area (Å²) in [6, 6.07) is 18.6. The molecular weight excluding hydrogens is 416 g/mol. The normalized spacial score (nSPS) is 15.7. The lowest BCUT2D eigenvalue weighted by molar-refractivity contribution is -0.119. The molecule has 8 heteroatoms. The van der Waals surface area contributed by atoms with Crippen LogP contribution >= 0.6 is 0 Å². The second-order valence-corrected chi connectivity index (χ2v) is 8.18. The molecule has 4 aromatic rings. The predicted molar refractivity (Wildman–Crippen MR) is 127 cm³/mol. The molecule has 1 atom stereocenters. The monoisotopic (exact) mass is 442 g/mol. The molecule has 0 saturated carbocycles. The third-order valence-corrected chi connectivity index (χ3v) is 6.14. The topological polar surface area (TPSA) is 84.2 Å². The summed E-state index contributed by atoms with van der Waals surface area (Å²) in [4.78, 5) is 32.3. The van der Waals surface area contributed by atoms with Crippen molar-refractivity contribution in [2.75, 3.05) is 11.9 Å². The molecule has 0 spiro atoms. The Hall–Kier alpha value is -4.07. The molecule has 1 saturated heterocycles. The Balaban J connectivity index is 1.27. The Labute approximate surface area is 191 Å². The smallest absolute Gasteiger partial charge is 0.318 e. The molecule has 33 heavy (non-hydrogen) atoms. The average Bonchev–Trinajstić information content (AvgIpc) is 3.59. The molecule has 1 fully saturated rings. The van der Waals surface area contributed by atoms with Crippen molar-refractivity contribution in [3.8, 4) is 5.69 Å². The summed E-state index contributed by atoms with van der Waals surface area (Å²) < 4.78 is 3.92. The minimum Gasteiger partial charge on any atom is -0.331 e. The first-order chi connectivity index (χ1) is 16.1. The van der Waals surface area contributed by atoms with Crippen LogP contribution in [0.1, 0.15) is 18.7 Å². The van der Waals surface area contributed by atoms with E-state index in [1.807, 2.05) is 89.2 Å². The lowest BCUT2D eigenvalue weighted by Gasteiger charge is -2.24. The second kappa shape index (κ2) is 8.82. The maximum absolute atomic E-state index is 13.1. The summed E-state index contributed by atoms with van der Waals surface area (Å²) in [5, 5.41) is 5.97. The van der Waals surface area contributed by atoms with Crippen LogP contribution < -0.4 is 10.6 Å². The maximum atomic E-state index is 13.1. The number of carbonyl (C=O) groups is 2. The number of likely N-dealkylation sites (tertiary alicyclic amines) is 1. The number of nitrogens with one attached hydrogen (secondary N) is 2. The first-order valence-corrected chi connectivity index (χ1v) is 11.1. The number of urea groups is 1. The fourth-order valence-electron chi connectivity index (χ4n) is 4.41. The van der Waals surface area contributed by atoms with Crippen LogP contribution in [0.25, 0.3) is 16.7 Å². The molecule has 0 aliphatic carbocycles. The number of benzene rings is 2. The number of carbonyl (C=O) groups excluding carboxylic acids is 2. The largest absolute Gasteiger partial charge is 0.331 e. The first kappa shape index (κ1) is 20.8. The Morgan fingerprint density at radius 3 is 2.61 bits per heavy atom. The van der Waals surface area contributed by atoms with E-state index in [1.54, 1.807) is 4.90 Å². The fourth-order valence-corrected chi connectivity index (χ4v) is 4.41. The number of aromatic nitrogens is 3. The van der Waals surface area contributed by atoms with E-state index in [9.17, 15) is 9.59 Å². The molecule has 1 aliphatic rings. The number of amides is 3. The highest BCUT2D eigenvalue weighted by atomic mass is 16.2. The van der Waals surface area contributed by atoms with Gasteiger partial charge in [-0.05, 0) is 49.2 Å². The molecule has 5 rings (SSSR count). The summed E-state index contributed by atoms with van der Waals surface area (Å²) in [5.74, 6) is 0.593. The van der Waals surface area contributed by atoms with Crippen LogP contribution in [0, 0.1) is 0 Å². The quantitative estimate of drug-likeness (QED) is 0.495. The average molecular weight is 443 g/mol. The van der Waals surface area contributed by atoms with Crippen molar-refractivity contribution in [3.05, 3.63) is 78.9 Å². The molecule has 2 aromatic heterocycles. The number of hydrogen-bond acceptors (Lipinski definition) is 3. The van der Waals surface area contributed by atoms with Gasteiger partial charge in [-0.15, -0.1) is 0 Å². The molecule has 168 valence electrons. The molecular formula is C25H26N6O2. The third-order valence-electron chi connectivity index (χ3n) is 6.14. The van der Waals surface area contributed by atoms with Crippen molar-refractivity contribution in [2.45, 2.75) is 25.4 Å². The van der Waals surface area contributed by atoms with Gasteiger partial charge in [0.15, 0.2) is 0 Å². The van der Waals surface area contributed by atoms with Crippen molar-refractivity contribution in [1.82, 2.24) is 24.3 Å². The van der Waals surface area contributed by atoms with Crippen LogP contribution in [0.5, 0.6) is 0 Å². The molecule has 3 heterocycles. The number of fused-ring (bicyclic) bond motifs is 1. The number of nitrogens with zero attached hydrogens (tertiary/aromatic N) is 4. The highest BCUT2D eigenvalue weighted by Crippen LogP contribution is 2.24. The van der Waals surface area contributed by atoms with E-state index in [-0.39, 0.29) is 11.9 Å². The molecule has 2 aromatic carbocycles. The lowest BCUT2D eigenvalue weighted by Crippen LogP contribution is -2.47. The van der Waals surface area contributed by atoms with Gasteiger partial charge in [0, 0.05) is 26.0 Å². The van der Waals surface area contributed by atoms with E-state index < -0.39 is 6.04 Å². The van der Waals surface area contributed by atoms with E-state index >= 15 is 0 Å². The van der Waals surface area contributed by atoms with Gasteiger partial charge in [0.2, 0.25) is 5.91 Å². The summed E-state index contributed by atoms with van der Waals surface area (Å²) in [6.07, 6.45) is 5.29. The number of hydrogen-bond donors (Lipinski definition) is 2. The van der Waals surface area contributed by atoms with Gasteiger partial charge in [-0.25, -0.2) is 9.78 Å². The SMILES string of the molecule is Cn1c(CNC(=O)N2CCC[C@H]2C(=O)Nc2ccccc2-n2cccc2)nc2ccccc21. The van der Waals surface area contributed by atoms with Gasteiger partial charge in [0.1, 0.15) is 11.9 Å².